The first-order valence-electron chi connectivity index (χ1n) is 6.71. The number of carbonyl (C=O) groups is 1. The lowest BCUT2D eigenvalue weighted by Gasteiger charge is -2.06. The minimum atomic E-state index is -0.0168. The molecule has 1 aliphatic heterocycles. The van der Waals surface area contributed by atoms with Gasteiger partial charge in [-0.05, 0) is 35.2 Å². The van der Waals surface area contributed by atoms with Gasteiger partial charge in [-0.15, -0.1) is 11.3 Å². The highest BCUT2D eigenvalue weighted by Gasteiger charge is 2.23. The smallest absolute Gasteiger partial charge is 0.206 e. The fourth-order valence-corrected chi connectivity index (χ4v) is 3.92. The number of rotatable bonds is 2. The summed E-state index contributed by atoms with van der Waals surface area (Å²) in [5.74, 6) is 0.679. The van der Waals surface area contributed by atoms with Crippen molar-refractivity contribution in [2.24, 2.45) is 0 Å². The van der Waals surface area contributed by atoms with E-state index in [0.717, 1.165) is 26.9 Å². The van der Waals surface area contributed by atoms with Crippen LogP contribution in [0.1, 0.15) is 20.8 Å². The van der Waals surface area contributed by atoms with Crippen LogP contribution in [0.25, 0.3) is 10.1 Å². The molecule has 2 aromatic carbocycles. The Kier molecular flexibility index (Phi) is 2.98. The number of fused-ring (bicyclic) bond motifs is 2. The number of ketones is 1. The molecule has 0 fully saturated rings. The Hall–Kier alpha value is -1.84. The zero-order chi connectivity index (χ0) is 14.4. The average molecular weight is 315 g/mol. The zero-order valence-corrected chi connectivity index (χ0v) is 12.6. The van der Waals surface area contributed by atoms with E-state index in [1.54, 1.807) is 6.07 Å². The molecule has 0 aliphatic carbocycles. The molecule has 0 saturated heterocycles. The third-order valence-electron chi connectivity index (χ3n) is 3.64. The first kappa shape index (κ1) is 12.9. The molecule has 0 radical (unpaired) electrons. The molecule has 0 atom stereocenters. The van der Waals surface area contributed by atoms with Gasteiger partial charge in [0.1, 0.15) is 5.75 Å². The van der Waals surface area contributed by atoms with Gasteiger partial charge in [-0.1, -0.05) is 29.8 Å². The summed E-state index contributed by atoms with van der Waals surface area (Å²) < 4.78 is 6.74. The summed E-state index contributed by atoms with van der Waals surface area (Å²) in [6.07, 6.45) is 0.808. The van der Waals surface area contributed by atoms with Gasteiger partial charge in [0.2, 0.25) is 5.78 Å². The third-order valence-corrected chi connectivity index (χ3v) is 4.98. The molecule has 0 unspecified atom stereocenters. The first-order chi connectivity index (χ1) is 10.2. The lowest BCUT2D eigenvalue weighted by atomic mass is 10.0. The molecular formula is C17H11ClO2S. The van der Waals surface area contributed by atoms with Gasteiger partial charge in [-0.2, -0.15) is 0 Å². The average Bonchev–Trinajstić information content (AvgIpc) is 3.11. The monoisotopic (exact) mass is 314 g/mol. The predicted molar refractivity (Wildman–Crippen MR) is 85.9 cm³/mol. The molecule has 0 saturated carbocycles. The van der Waals surface area contributed by atoms with E-state index in [0.29, 0.717) is 22.9 Å². The summed E-state index contributed by atoms with van der Waals surface area (Å²) in [5, 5.41) is 1.68. The predicted octanol–water partition coefficient (Wildman–Crippen LogP) is 4.72. The van der Waals surface area contributed by atoms with Gasteiger partial charge in [0.15, 0.2) is 0 Å². The molecule has 3 aromatic rings. The van der Waals surface area contributed by atoms with Crippen LogP contribution < -0.4 is 4.74 Å². The Balaban J connectivity index is 1.85. The topological polar surface area (TPSA) is 26.3 Å². The van der Waals surface area contributed by atoms with Crippen molar-refractivity contribution in [1.29, 1.82) is 0 Å². The van der Waals surface area contributed by atoms with E-state index in [-0.39, 0.29) is 5.78 Å². The summed E-state index contributed by atoms with van der Waals surface area (Å²) in [5.41, 5.74) is 1.59. The summed E-state index contributed by atoms with van der Waals surface area (Å²) in [6.45, 7) is 0.613. The second-order valence-corrected chi connectivity index (χ2v) is 6.54. The molecule has 2 heterocycles. The van der Waals surface area contributed by atoms with Crippen molar-refractivity contribution < 1.29 is 9.53 Å². The van der Waals surface area contributed by atoms with E-state index in [2.05, 4.69) is 0 Å². The molecule has 104 valence electrons. The van der Waals surface area contributed by atoms with Gasteiger partial charge < -0.3 is 4.74 Å². The molecule has 4 rings (SSSR count). The molecule has 2 nitrogen and oxygen atoms in total. The van der Waals surface area contributed by atoms with Gasteiger partial charge in [0.05, 0.1) is 17.0 Å². The summed E-state index contributed by atoms with van der Waals surface area (Å²) in [7, 11) is 0. The largest absolute Gasteiger partial charge is 0.492 e. The quantitative estimate of drug-likeness (QED) is 0.640. The minimum Gasteiger partial charge on any atom is -0.492 e. The number of ether oxygens (including phenoxy) is 1. The lowest BCUT2D eigenvalue weighted by molar-refractivity contribution is 0.103. The van der Waals surface area contributed by atoms with E-state index in [9.17, 15) is 4.79 Å². The molecule has 0 bridgehead atoms. The first-order valence-corrected chi connectivity index (χ1v) is 7.90. The molecule has 4 heteroatoms. The van der Waals surface area contributed by atoms with Gasteiger partial charge in [0, 0.05) is 16.1 Å². The van der Waals surface area contributed by atoms with Gasteiger partial charge >= 0.3 is 0 Å². The van der Waals surface area contributed by atoms with Crippen molar-refractivity contribution in [3.8, 4) is 5.75 Å². The number of hydrogen-bond donors (Lipinski definition) is 0. The van der Waals surface area contributed by atoms with Crippen LogP contribution in [0.5, 0.6) is 5.75 Å². The fourth-order valence-electron chi connectivity index (χ4n) is 2.66. The second-order valence-electron chi connectivity index (χ2n) is 5.02. The van der Waals surface area contributed by atoms with Crippen molar-refractivity contribution in [3.05, 3.63) is 63.5 Å². The second kappa shape index (κ2) is 4.86. The number of hydrogen-bond acceptors (Lipinski definition) is 3. The Morgan fingerprint density at radius 3 is 2.90 bits per heavy atom. The third kappa shape index (κ3) is 2.13. The maximum absolute atomic E-state index is 12.8. The number of benzene rings is 2. The van der Waals surface area contributed by atoms with Crippen LogP contribution in [-0.2, 0) is 6.42 Å². The molecule has 0 N–H and O–H groups in total. The van der Waals surface area contributed by atoms with Crippen LogP contribution in [0.2, 0.25) is 5.02 Å². The lowest BCUT2D eigenvalue weighted by Crippen LogP contribution is -2.01. The Labute approximate surface area is 130 Å². The highest BCUT2D eigenvalue weighted by Crippen LogP contribution is 2.36. The van der Waals surface area contributed by atoms with Crippen molar-refractivity contribution in [2.45, 2.75) is 6.42 Å². The molecule has 1 aliphatic rings. The van der Waals surface area contributed by atoms with Crippen LogP contribution in [0.3, 0.4) is 0 Å². The van der Waals surface area contributed by atoms with Crippen LogP contribution in [0.4, 0.5) is 0 Å². The van der Waals surface area contributed by atoms with E-state index >= 15 is 0 Å². The van der Waals surface area contributed by atoms with E-state index in [1.807, 2.05) is 36.4 Å². The minimum absolute atomic E-state index is 0.0168. The number of carbonyl (C=O) groups excluding carboxylic acids is 1. The zero-order valence-electron chi connectivity index (χ0n) is 11.1. The molecule has 1 aromatic heterocycles. The van der Waals surface area contributed by atoms with E-state index in [4.69, 9.17) is 16.3 Å². The molecule has 0 amide bonds. The van der Waals surface area contributed by atoms with Crippen molar-refractivity contribution in [2.75, 3.05) is 6.61 Å². The van der Waals surface area contributed by atoms with Crippen molar-refractivity contribution in [3.63, 3.8) is 0 Å². The number of halogens is 1. The Morgan fingerprint density at radius 1 is 1.19 bits per heavy atom. The Morgan fingerprint density at radius 2 is 2.05 bits per heavy atom. The van der Waals surface area contributed by atoms with Crippen LogP contribution in [-0.4, -0.2) is 12.4 Å². The Bertz CT molecular complexity index is 833. The SMILES string of the molecule is O=C(c1cc2ccccc2s1)c1cc(Cl)cc2c1OCC2. The fraction of sp³-hybridized carbons (Fsp3) is 0.118. The van der Waals surface area contributed by atoms with Crippen molar-refractivity contribution >= 4 is 38.8 Å². The highest BCUT2D eigenvalue weighted by atomic mass is 35.5. The molecular weight excluding hydrogens is 304 g/mol. The van der Waals surface area contributed by atoms with Crippen LogP contribution in [0.15, 0.2) is 42.5 Å². The summed E-state index contributed by atoms with van der Waals surface area (Å²) >= 11 is 7.64. The number of thiophene rings is 1. The van der Waals surface area contributed by atoms with E-state index < -0.39 is 0 Å². The summed E-state index contributed by atoms with van der Waals surface area (Å²) in [6, 6.07) is 13.5. The highest BCUT2D eigenvalue weighted by molar-refractivity contribution is 7.21. The van der Waals surface area contributed by atoms with E-state index in [1.165, 1.54) is 11.3 Å². The van der Waals surface area contributed by atoms with Crippen LogP contribution in [0, 0.1) is 0 Å². The summed E-state index contributed by atoms with van der Waals surface area (Å²) in [4.78, 5) is 13.5. The maximum atomic E-state index is 12.8. The standard InChI is InChI=1S/C17H11ClO2S/c18-12-7-11-5-6-20-17(11)13(9-12)16(19)15-8-10-3-1-2-4-14(10)21-15/h1-4,7-9H,5-6H2. The van der Waals surface area contributed by atoms with Gasteiger partial charge in [0.25, 0.3) is 0 Å². The van der Waals surface area contributed by atoms with Crippen molar-refractivity contribution in [1.82, 2.24) is 0 Å². The molecule has 21 heavy (non-hydrogen) atoms. The van der Waals surface area contributed by atoms with Gasteiger partial charge in [-0.25, -0.2) is 0 Å². The van der Waals surface area contributed by atoms with Gasteiger partial charge in [-0.3, -0.25) is 4.79 Å². The van der Waals surface area contributed by atoms with Crippen LogP contribution >= 0.6 is 22.9 Å². The maximum Gasteiger partial charge on any atom is 0.206 e. The molecule has 0 spiro atoms. The normalized spacial score (nSPS) is 13.2.